The summed E-state index contributed by atoms with van der Waals surface area (Å²) in [6.07, 6.45) is 2.57. The zero-order valence-electron chi connectivity index (χ0n) is 20.7. The first-order chi connectivity index (χ1) is 17.6. The molecule has 1 N–H and O–H groups in total. The van der Waals surface area contributed by atoms with Crippen molar-refractivity contribution in [3.63, 3.8) is 0 Å². The molecule has 0 bridgehead atoms. The summed E-state index contributed by atoms with van der Waals surface area (Å²) in [6.45, 7) is 4.07. The molecule has 2 aliphatic rings. The molecule has 202 valence electrons. The lowest BCUT2D eigenvalue weighted by molar-refractivity contribution is -0.126. The summed E-state index contributed by atoms with van der Waals surface area (Å²) < 4.78 is 59.7. The van der Waals surface area contributed by atoms with E-state index in [-0.39, 0.29) is 46.3 Å². The highest BCUT2D eigenvalue weighted by molar-refractivity contribution is 7.89. The number of hydrogen-bond acceptors (Lipinski definition) is 6. The number of piperidine rings is 1. The van der Waals surface area contributed by atoms with Crippen molar-refractivity contribution in [2.75, 3.05) is 32.8 Å². The van der Waals surface area contributed by atoms with Crippen molar-refractivity contribution < 1.29 is 26.4 Å². The molecule has 0 saturated carbocycles. The highest BCUT2D eigenvalue weighted by atomic mass is 35.5. The molecule has 2 saturated heterocycles. The largest absolute Gasteiger partial charge is 0.492 e. The van der Waals surface area contributed by atoms with Gasteiger partial charge in [-0.1, -0.05) is 23.7 Å². The predicted molar refractivity (Wildman–Crippen MR) is 140 cm³/mol. The molecule has 12 heteroatoms. The van der Waals surface area contributed by atoms with Crippen LogP contribution < -0.4 is 10.1 Å². The Balaban J connectivity index is 1.29. The van der Waals surface area contributed by atoms with Gasteiger partial charge < -0.3 is 10.1 Å². The van der Waals surface area contributed by atoms with Crippen LogP contribution in [0.4, 0.5) is 0 Å². The number of nitrogens with one attached hydrogen (secondary N) is 1. The van der Waals surface area contributed by atoms with Gasteiger partial charge in [0.05, 0.1) is 21.4 Å². The lowest BCUT2D eigenvalue weighted by Gasteiger charge is -2.30. The number of carbonyl (C=O) groups is 1. The molecule has 37 heavy (non-hydrogen) atoms. The molecule has 0 spiro atoms. The van der Waals surface area contributed by atoms with Crippen molar-refractivity contribution in [2.45, 2.75) is 48.9 Å². The summed E-state index contributed by atoms with van der Waals surface area (Å²) in [5, 5.41) is 3.13. The summed E-state index contributed by atoms with van der Waals surface area (Å²) in [5.41, 5.74) is 0.793. The fourth-order valence-corrected chi connectivity index (χ4v) is 7.93. The fraction of sp³-hybridized carbons (Fsp3) is 0.480. The molecule has 0 aliphatic carbocycles. The van der Waals surface area contributed by atoms with Gasteiger partial charge in [0, 0.05) is 38.6 Å². The summed E-state index contributed by atoms with van der Waals surface area (Å²) >= 11 is 6.17. The normalized spacial score (nSPS) is 18.1. The van der Waals surface area contributed by atoms with Crippen molar-refractivity contribution in [2.24, 2.45) is 5.92 Å². The number of nitrogens with zero attached hydrogens (tertiary/aromatic N) is 2. The third-order valence-corrected chi connectivity index (χ3v) is 10.9. The van der Waals surface area contributed by atoms with Gasteiger partial charge in [-0.15, -0.1) is 0 Å². The van der Waals surface area contributed by atoms with Crippen LogP contribution in [0.3, 0.4) is 0 Å². The van der Waals surface area contributed by atoms with Crippen LogP contribution in [0.15, 0.2) is 52.3 Å². The molecule has 2 aliphatic heterocycles. The minimum absolute atomic E-state index is 0.0963. The van der Waals surface area contributed by atoms with Crippen molar-refractivity contribution in [1.82, 2.24) is 13.9 Å². The van der Waals surface area contributed by atoms with Crippen LogP contribution in [0.2, 0.25) is 5.02 Å². The molecule has 2 aromatic rings. The number of sulfonamides is 2. The molecule has 0 radical (unpaired) electrons. The Kier molecular flexibility index (Phi) is 8.80. The third kappa shape index (κ3) is 6.28. The van der Waals surface area contributed by atoms with E-state index in [1.165, 1.54) is 20.7 Å². The summed E-state index contributed by atoms with van der Waals surface area (Å²) in [4.78, 5) is 13.1. The molecule has 0 aromatic heterocycles. The van der Waals surface area contributed by atoms with Crippen LogP contribution in [0.25, 0.3) is 0 Å². The third-order valence-electron chi connectivity index (χ3n) is 6.76. The highest BCUT2D eigenvalue weighted by Gasteiger charge is 2.32. The van der Waals surface area contributed by atoms with Gasteiger partial charge in [0.2, 0.25) is 26.0 Å². The Labute approximate surface area is 223 Å². The number of rotatable bonds is 9. The van der Waals surface area contributed by atoms with Crippen molar-refractivity contribution in [1.29, 1.82) is 0 Å². The van der Waals surface area contributed by atoms with Crippen LogP contribution in [0.5, 0.6) is 5.75 Å². The van der Waals surface area contributed by atoms with Gasteiger partial charge in [0.25, 0.3) is 0 Å². The maximum atomic E-state index is 13.1. The van der Waals surface area contributed by atoms with Crippen molar-refractivity contribution >= 4 is 37.6 Å². The van der Waals surface area contributed by atoms with E-state index in [9.17, 15) is 21.6 Å². The van der Waals surface area contributed by atoms with E-state index in [0.29, 0.717) is 38.3 Å². The Morgan fingerprint density at radius 2 is 1.49 bits per heavy atom. The van der Waals surface area contributed by atoms with E-state index in [0.717, 1.165) is 18.4 Å². The number of amides is 1. The van der Waals surface area contributed by atoms with Crippen LogP contribution in [0.1, 0.15) is 38.2 Å². The standard InChI is InChI=1S/C25H32ClN3O6S2/c1-2-35-24-10-9-22(17-23(24)26)37(33,34)29-15-11-20(12-16-29)25(30)27-18-19-5-7-21(8-6-19)36(31,32)28-13-3-4-14-28/h5-10,17,20H,2-4,11-16,18H2,1H3,(H,27,30). The Morgan fingerprint density at radius 3 is 2.08 bits per heavy atom. The average molecular weight is 570 g/mol. The first-order valence-electron chi connectivity index (χ1n) is 12.4. The Bertz CT molecular complexity index is 1320. The number of halogens is 1. The second kappa shape index (κ2) is 11.7. The Morgan fingerprint density at radius 1 is 0.919 bits per heavy atom. The molecular weight excluding hydrogens is 538 g/mol. The zero-order chi connectivity index (χ0) is 26.6. The van der Waals surface area contributed by atoms with E-state index in [1.54, 1.807) is 30.3 Å². The smallest absolute Gasteiger partial charge is 0.243 e. The molecule has 4 rings (SSSR count). The first-order valence-corrected chi connectivity index (χ1v) is 15.7. The number of benzene rings is 2. The average Bonchev–Trinajstić information content (AvgIpc) is 3.45. The quantitative estimate of drug-likeness (QED) is 0.496. The monoisotopic (exact) mass is 569 g/mol. The predicted octanol–water partition coefficient (Wildman–Crippen LogP) is 3.24. The second-order valence-corrected chi connectivity index (χ2v) is 13.5. The van der Waals surface area contributed by atoms with Gasteiger partial charge in [0.1, 0.15) is 5.75 Å². The van der Waals surface area contributed by atoms with Crippen molar-refractivity contribution in [3.8, 4) is 5.75 Å². The maximum absolute atomic E-state index is 13.1. The minimum atomic E-state index is -3.73. The molecule has 0 atom stereocenters. The van der Waals surface area contributed by atoms with E-state index >= 15 is 0 Å². The van der Waals surface area contributed by atoms with Crippen LogP contribution in [-0.4, -0.2) is 64.1 Å². The SMILES string of the molecule is CCOc1ccc(S(=O)(=O)N2CCC(C(=O)NCc3ccc(S(=O)(=O)N4CCCC4)cc3)CC2)cc1Cl. The van der Waals surface area contributed by atoms with Gasteiger partial charge in [-0.2, -0.15) is 8.61 Å². The molecule has 9 nitrogen and oxygen atoms in total. The van der Waals surface area contributed by atoms with Gasteiger partial charge in [-0.05, 0) is 68.5 Å². The molecule has 2 aromatic carbocycles. The maximum Gasteiger partial charge on any atom is 0.243 e. The number of ether oxygens (including phenoxy) is 1. The lowest BCUT2D eigenvalue weighted by atomic mass is 9.97. The second-order valence-electron chi connectivity index (χ2n) is 9.18. The minimum Gasteiger partial charge on any atom is -0.492 e. The molecule has 0 unspecified atom stereocenters. The fourth-order valence-electron chi connectivity index (χ4n) is 4.61. The summed E-state index contributed by atoms with van der Waals surface area (Å²) in [7, 11) is -7.20. The van der Waals surface area contributed by atoms with Crippen LogP contribution in [0, 0.1) is 5.92 Å². The van der Waals surface area contributed by atoms with Gasteiger partial charge in [-0.25, -0.2) is 16.8 Å². The Hall–Kier alpha value is -2.18. The topological polar surface area (TPSA) is 113 Å². The van der Waals surface area contributed by atoms with Gasteiger partial charge in [-0.3, -0.25) is 4.79 Å². The summed E-state index contributed by atoms with van der Waals surface area (Å²) in [6, 6.07) is 11.0. The number of carbonyl (C=O) groups excluding carboxylic acids is 1. The van der Waals surface area contributed by atoms with Gasteiger partial charge >= 0.3 is 0 Å². The highest BCUT2D eigenvalue weighted by Crippen LogP contribution is 2.30. The van der Waals surface area contributed by atoms with E-state index in [1.807, 2.05) is 6.92 Å². The molecule has 2 heterocycles. The van der Waals surface area contributed by atoms with E-state index < -0.39 is 20.0 Å². The van der Waals surface area contributed by atoms with Crippen LogP contribution in [-0.2, 0) is 31.4 Å². The van der Waals surface area contributed by atoms with E-state index in [4.69, 9.17) is 16.3 Å². The lowest BCUT2D eigenvalue weighted by Crippen LogP contribution is -2.42. The summed E-state index contributed by atoms with van der Waals surface area (Å²) in [5.74, 6) is -0.0125. The van der Waals surface area contributed by atoms with Crippen molar-refractivity contribution in [3.05, 3.63) is 53.1 Å². The first kappa shape index (κ1) is 27.8. The number of hydrogen-bond donors (Lipinski definition) is 1. The van der Waals surface area contributed by atoms with Gasteiger partial charge in [0.15, 0.2) is 0 Å². The molecule has 1 amide bonds. The zero-order valence-corrected chi connectivity index (χ0v) is 23.1. The van der Waals surface area contributed by atoms with E-state index in [2.05, 4.69) is 5.32 Å². The van der Waals surface area contributed by atoms with Crippen LogP contribution >= 0.6 is 11.6 Å². The molecular formula is C25H32ClN3O6S2. The molecule has 2 fully saturated rings.